The zero-order valence-electron chi connectivity index (χ0n) is 12.6. The number of amides is 1. The van der Waals surface area contributed by atoms with Crippen LogP contribution in [0.2, 0.25) is 0 Å². The van der Waals surface area contributed by atoms with E-state index in [1.54, 1.807) is 11.3 Å². The molecule has 0 atom stereocenters. The summed E-state index contributed by atoms with van der Waals surface area (Å²) in [5, 5.41) is 6.39. The molecule has 0 unspecified atom stereocenters. The Hall–Kier alpha value is -1.14. The first-order valence-corrected chi connectivity index (χ1v) is 8.73. The maximum atomic E-state index is 12.3. The molecule has 2 saturated heterocycles. The van der Waals surface area contributed by atoms with Crippen molar-refractivity contribution in [2.75, 3.05) is 38.1 Å². The van der Waals surface area contributed by atoms with Crippen LogP contribution in [0.3, 0.4) is 0 Å². The van der Waals surface area contributed by atoms with Crippen LogP contribution >= 0.6 is 11.3 Å². The molecule has 0 aromatic carbocycles. The van der Waals surface area contributed by atoms with Crippen molar-refractivity contribution in [1.29, 1.82) is 0 Å². The molecule has 1 aromatic heterocycles. The second-order valence-corrected chi connectivity index (χ2v) is 7.04. The maximum Gasteiger partial charge on any atom is 0.223 e. The van der Waals surface area contributed by atoms with Gasteiger partial charge in [-0.3, -0.25) is 4.79 Å². The van der Waals surface area contributed by atoms with Crippen molar-refractivity contribution >= 4 is 22.4 Å². The quantitative estimate of drug-likeness (QED) is 0.921. The Morgan fingerprint density at radius 2 is 1.95 bits per heavy atom. The lowest BCUT2D eigenvalue weighted by Gasteiger charge is -2.34. The van der Waals surface area contributed by atoms with Gasteiger partial charge in [0.05, 0.1) is 0 Å². The molecule has 0 spiro atoms. The lowest BCUT2D eigenvalue weighted by Crippen LogP contribution is -2.47. The first-order chi connectivity index (χ1) is 10.2. The van der Waals surface area contributed by atoms with Crippen molar-refractivity contribution in [1.82, 2.24) is 15.2 Å². The van der Waals surface area contributed by atoms with Crippen LogP contribution in [0.15, 0.2) is 11.6 Å². The first-order valence-electron chi connectivity index (χ1n) is 7.86. The van der Waals surface area contributed by atoms with Gasteiger partial charge in [-0.2, -0.15) is 0 Å². The van der Waals surface area contributed by atoms with Crippen LogP contribution in [0.25, 0.3) is 0 Å². The number of thiazole rings is 1. The topological polar surface area (TPSA) is 48.5 Å². The predicted molar refractivity (Wildman–Crippen MR) is 85.7 cm³/mol. The number of anilines is 1. The smallest absolute Gasteiger partial charge is 0.223 e. The van der Waals surface area contributed by atoms with E-state index < -0.39 is 0 Å². The summed E-state index contributed by atoms with van der Waals surface area (Å²) in [4.78, 5) is 21.3. The number of carbonyl (C=O) groups is 1. The number of carbonyl (C=O) groups excluding carboxylic acids is 1. The average molecular weight is 308 g/mol. The van der Waals surface area contributed by atoms with Gasteiger partial charge in [-0.25, -0.2) is 4.98 Å². The van der Waals surface area contributed by atoms with Crippen LogP contribution in [0.1, 0.15) is 25.7 Å². The van der Waals surface area contributed by atoms with Gasteiger partial charge in [0.1, 0.15) is 0 Å². The molecular weight excluding hydrogens is 284 g/mol. The molecule has 3 heterocycles. The summed E-state index contributed by atoms with van der Waals surface area (Å²) >= 11 is 1.69. The molecule has 2 fully saturated rings. The van der Waals surface area contributed by atoms with Gasteiger partial charge in [0.15, 0.2) is 5.13 Å². The summed E-state index contributed by atoms with van der Waals surface area (Å²) < 4.78 is 0. The Kier molecular flexibility index (Phi) is 4.75. The minimum absolute atomic E-state index is 0.221. The number of nitrogens with one attached hydrogen (secondary N) is 1. The van der Waals surface area contributed by atoms with E-state index in [1.807, 2.05) is 11.6 Å². The van der Waals surface area contributed by atoms with Crippen LogP contribution in [0.4, 0.5) is 5.13 Å². The number of nitrogens with zero attached hydrogens (tertiary/aromatic N) is 3. The molecule has 2 aliphatic rings. The standard InChI is InChI=1S/C15H24N4OS/c1-18-7-2-12(3-8-18)14(20)17-13-4-9-19(10-5-13)15-16-6-11-21-15/h6,11-13H,2-5,7-10H2,1H3,(H,17,20). The maximum absolute atomic E-state index is 12.3. The lowest BCUT2D eigenvalue weighted by atomic mass is 9.95. The Morgan fingerprint density at radius 1 is 1.24 bits per heavy atom. The predicted octanol–water partition coefficient (Wildman–Crippen LogP) is 1.57. The van der Waals surface area contributed by atoms with Gasteiger partial charge >= 0.3 is 0 Å². The molecule has 21 heavy (non-hydrogen) atoms. The van der Waals surface area contributed by atoms with E-state index in [4.69, 9.17) is 0 Å². The summed E-state index contributed by atoms with van der Waals surface area (Å²) in [5.41, 5.74) is 0. The van der Waals surface area contributed by atoms with E-state index in [1.165, 1.54) is 0 Å². The largest absolute Gasteiger partial charge is 0.353 e. The van der Waals surface area contributed by atoms with E-state index in [0.717, 1.165) is 57.0 Å². The third-order valence-corrected chi connectivity index (χ3v) is 5.45. The zero-order chi connectivity index (χ0) is 14.7. The number of hydrogen-bond donors (Lipinski definition) is 1. The van der Waals surface area contributed by atoms with Crippen molar-refractivity contribution in [3.05, 3.63) is 11.6 Å². The van der Waals surface area contributed by atoms with Crippen molar-refractivity contribution in [3.8, 4) is 0 Å². The second kappa shape index (κ2) is 6.75. The lowest BCUT2D eigenvalue weighted by molar-refractivity contribution is -0.127. The molecule has 1 amide bonds. The summed E-state index contributed by atoms with van der Waals surface area (Å²) in [6.07, 6.45) is 5.91. The molecule has 6 heteroatoms. The summed E-state index contributed by atoms with van der Waals surface area (Å²) in [7, 11) is 2.13. The summed E-state index contributed by atoms with van der Waals surface area (Å²) in [6.45, 7) is 4.07. The molecule has 1 aromatic rings. The molecule has 3 rings (SSSR count). The Labute approximate surface area is 130 Å². The summed E-state index contributed by atoms with van der Waals surface area (Å²) in [6, 6.07) is 0.341. The van der Waals surface area contributed by atoms with Gasteiger partial charge < -0.3 is 15.1 Å². The van der Waals surface area contributed by atoms with Gasteiger partial charge in [-0.15, -0.1) is 11.3 Å². The van der Waals surface area contributed by atoms with Crippen molar-refractivity contribution < 1.29 is 4.79 Å². The van der Waals surface area contributed by atoms with Gasteiger partial charge in [0.2, 0.25) is 5.91 Å². The van der Waals surface area contributed by atoms with Crippen molar-refractivity contribution in [2.24, 2.45) is 5.92 Å². The van der Waals surface area contributed by atoms with Gasteiger partial charge in [-0.1, -0.05) is 0 Å². The highest BCUT2D eigenvalue weighted by atomic mass is 32.1. The van der Waals surface area contributed by atoms with E-state index >= 15 is 0 Å². The van der Waals surface area contributed by atoms with E-state index in [9.17, 15) is 4.79 Å². The molecule has 2 aliphatic heterocycles. The normalized spacial score (nSPS) is 22.4. The molecule has 116 valence electrons. The van der Waals surface area contributed by atoms with Gasteiger partial charge in [0.25, 0.3) is 0 Å². The van der Waals surface area contributed by atoms with E-state index in [2.05, 4.69) is 27.1 Å². The molecule has 0 radical (unpaired) electrons. The van der Waals surface area contributed by atoms with Gasteiger partial charge in [0, 0.05) is 36.6 Å². The minimum atomic E-state index is 0.221. The van der Waals surface area contributed by atoms with Crippen LogP contribution in [-0.2, 0) is 4.79 Å². The Balaban J connectivity index is 1.44. The van der Waals surface area contributed by atoms with Crippen molar-refractivity contribution in [3.63, 3.8) is 0 Å². The SMILES string of the molecule is CN1CCC(C(=O)NC2CCN(c3nccs3)CC2)CC1. The highest BCUT2D eigenvalue weighted by molar-refractivity contribution is 7.13. The minimum Gasteiger partial charge on any atom is -0.353 e. The van der Waals surface area contributed by atoms with Crippen LogP contribution < -0.4 is 10.2 Å². The monoisotopic (exact) mass is 308 g/mol. The van der Waals surface area contributed by atoms with Crippen LogP contribution in [0, 0.1) is 5.92 Å². The summed E-state index contributed by atoms with van der Waals surface area (Å²) in [5.74, 6) is 0.494. The molecular formula is C15H24N4OS. The highest BCUT2D eigenvalue weighted by Crippen LogP contribution is 2.23. The van der Waals surface area contributed by atoms with E-state index in [0.29, 0.717) is 6.04 Å². The Morgan fingerprint density at radius 3 is 2.57 bits per heavy atom. The zero-order valence-corrected chi connectivity index (χ0v) is 13.4. The third kappa shape index (κ3) is 3.74. The van der Waals surface area contributed by atoms with Crippen LogP contribution in [-0.4, -0.2) is 55.1 Å². The molecule has 5 nitrogen and oxygen atoms in total. The fourth-order valence-electron chi connectivity index (χ4n) is 3.18. The Bertz CT molecular complexity index is 448. The number of piperidine rings is 2. The molecule has 0 saturated carbocycles. The number of aromatic nitrogens is 1. The van der Waals surface area contributed by atoms with Gasteiger partial charge in [-0.05, 0) is 45.8 Å². The highest BCUT2D eigenvalue weighted by Gasteiger charge is 2.27. The number of rotatable bonds is 3. The fourth-order valence-corrected chi connectivity index (χ4v) is 3.87. The fraction of sp³-hybridized carbons (Fsp3) is 0.733. The third-order valence-electron chi connectivity index (χ3n) is 4.62. The number of hydrogen-bond acceptors (Lipinski definition) is 5. The molecule has 1 N–H and O–H groups in total. The van der Waals surface area contributed by atoms with Crippen LogP contribution in [0.5, 0.6) is 0 Å². The second-order valence-electron chi connectivity index (χ2n) is 6.16. The van der Waals surface area contributed by atoms with Crippen molar-refractivity contribution in [2.45, 2.75) is 31.7 Å². The molecule has 0 aliphatic carbocycles. The average Bonchev–Trinajstić information content (AvgIpc) is 3.03. The number of likely N-dealkylation sites (tertiary alicyclic amines) is 1. The first kappa shape index (κ1) is 14.8. The van der Waals surface area contributed by atoms with E-state index in [-0.39, 0.29) is 11.8 Å². The molecule has 0 bridgehead atoms.